The third-order valence-electron chi connectivity index (χ3n) is 5.44. The first-order chi connectivity index (χ1) is 14.1. The predicted molar refractivity (Wildman–Crippen MR) is 110 cm³/mol. The summed E-state index contributed by atoms with van der Waals surface area (Å²) in [6.45, 7) is 4.02. The number of rotatable bonds is 5. The Morgan fingerprint density at radius 1 is 1.14 bits per heavy atom. The summed E-state index contributed by atoms with van der Waals surface area (Å²) < 4.78 is 10.6. The maximum Gasteiger partial charge on any atom is 0.337 e. The van der Waals surface area contributed by atoms with Gasteiger partial charge < -0.3 is 9.47 Å². The van der Waals surface area contributed by atoms with E-state index in [9.17, 15) is 9.59 Å². The molecule has 0 amide bonds. The number of cyclic esters (lactones) is 1. The van der Waals surface area contributed by atoms with Crippen molar-refractivity contribution in [2.24, 2.45) is 10.9 Å². The Labute approximate surface area is 170 Å². The zero-order valence-electron chi connectivity index (χ0n) is 16.6. The molecule has 0 aliphatic carbocycles. The van der Waals surface area contributed by atoms with Gasteiger partial charge in [-0.3, -0.25) is 9.79 Å². The van der Waals surface area contributed by atoms with Crippen LogP contribution in [0.15, 0.2) is 70.9 Å². The van der Waals surface area contributed by atoms with Crippen LogP contribution in [-0.2, 0) is 25.5 Å². The first-order valence-electron chi connectivity index (χ1n) is 9.83. The number of hydrogen-bond acceptors (Lipinski definition) is 5. The zero-order valence-corrected chi connectivity index (χ0v) is 16.6. The molecule has 0 N–H and O–H groups in total. The van der Waals surface area contributed by atoms with Crippen molar-refractivity contribution < 1.29 is 19.1 Å². The first-order valence-corrected chi connectivity index (χ1v) is 9.83. The fourth-order valence-electron chi connectivity index (χ4n) is 4.18. The third-order valence-corrected chi connectivity index (χ3v) is 5.44. The van der Waals surface area contributed by atoms with Crippen molar-refractivity contribution in [3.8, 4) is 0 Å². The van der Waals surface area contributed by atoms with Crippen molar-refractivity contribution in [2.45, 2.75) is 26.2 Å². The van der Waals surface area contributed by atoms with E-state index >= 15 is 0 Å². The van der Waals surface area contributed by atoms with Crippen LogP contribution in [0.1, 0.15) is 36.5 Å². The van der Waals surface area contributed by atoms with E-state index in [1.165, 1.54) is 0 Å². The second kappa shape index (κ2) is 8.03. The van der Waals surface area contributed by atoms with Crippen LogP contribution in [0.5, 0.6) is 0 Å². The lowest BCUT2D eigenvalue weighted by molar-refractivity contribution is -0.146. The van der Waals surface area contributed by atoms with Crippen LogP contribution < -0.4 is 0 Å². The molecule has 2 atom stereocenters. The molecule has 0 spiro atoms. The molecule has 29 heavy (non-hydrogen) atoms. The molecular weight excluding hydrogens is 366 g/mol. The maximum absolute atomic E-state index is 12.9. The van der Waals surface area contributed by atoms with Crippen LogP contribution >= 0.6 is 0 Å². The number of carbonyl (C=O) groups is 2. The Hall–Kier alpha value is -3.21. The zero-order chi connectivity index (χ0) is 20.4. The van der Waals surface area contributed by atoms with Crippen molar-refractivity contribution in [1.29, 1.82) is 0 Å². The van der Waals surface area contributed by atoms with Gasteiger partial charge in [-0.2, -0.15) is 0 Å². The van der Waals surface area contributed by atoms with Crippen molar-refractivity contribution in [2.75, 3.05) is 13.2 Å². The van der Waals surface area contributed by atoms with Gasteiger partial charge in [0.15, 0.2) is 0 Å². The Morgan fingerprint density at radius 3 is 2.62 bits per heavy atom. The predicted octanol–water partition coefficient (Wildman–Crippen LogP) is 3.83. The van der Waals surface area contributed by atoms with Gasteiger partial charge in [-0.25, -0.2) is 4.79 Å². The Balaban J connectivity index is 1.83. The number of carbonyl (C=O) groups excluding carboxylic acids is 2. The van der Waals surface area contributed by atoms with E-state index in [2.05, 4.69) is 17.1 Å². The fraction of sp³-hybridized carbons (Fsp3) is 0.292. The largest absolute Gasteiger partial charge is 0.465 e. The summed E-state index contributed by atoms with van der Waals surface area (Å²) in [6, 6.07) is 18.1. The van der Waals surface area contributed by atoms with Crippen LogP contribution in [-0.4, -0.2) is 30.9 Å². The minimum Gasteiger partial charge on any atom is -0.465 e. The summed E-state index contributed by atoms with van der Waals surface area (Å²) in [6.07, 6.45) is 0.705. The molecule has 2 aliphatic heterocycles. The molecular formula is C24H23NO4. The average Bonchev–Trinajstić information content (AvgIpc) is 3.08. The van der Waals surface area contributed by atoms with Crippen LogP contribution in [0, 0.1) is 5.92 Å². The molecule has 2 aromatic carbocycles. The fourth-order valence-corrected chi connectivity index (χ4v) is 4.18. The van der Waals surface area contributed by atoms with Crippen molar-refractivity contribution >= 4 is 17.7 Å². The monoisotopic (exact) mass is 389 g/mol. The quantitative estimate of drug-likeness (QED) is 0.729. The Kier molecular flexibility index (Phi) is 5.30. The number of aliphatic imine (C=N–C) groups is 1. The van der Waals surface area contributed by atoms with E-state index in [1.807, 2.05) is 49.4 Å². The van der Waals surface area contributed by atoms with E-state index in [0.29, 0.717) is 23.4 Å². The number of ether oxygens (including phenoxy) is 2. The van der Waals surface area contributed by atoms with Gasteiger partial charge in [-0.1, -0.05) is 54.6 Å². The molecule has 4 rings (SSSR count). The summed E-state index contributed by atoms with van der Waals surface area (Å²) >= 11 is 0. The summed E-state index contributed by atoms with van der Waals surface area (Å²) in [4.78, 5) is 30.0. The van der Waals surface area contributed by atoms with Gasteiger partial charge in [0.2, 0.25) is 0 Å². The van der Waals surface area contributed by atoms with E-state index in [1.54, 1.807) is 6.92 Å². The summed E-state index contributed by atoms with van der Waals surface area (Å²) in [5.41, 5.74) is 4.92. The summed E-state index contributed by atoms with van der Waals surface area (Å²) in [7, 11) is 0. The minimum atomic E-state index is -0.642. The lowest BCUT2D eigenvalue weighted by Crippen LogP contribution is -2.35. The Bertz CT molecular complexity index is 1010. The van der Waals surface area contributed by atoms with Crippen LogP contribution in [0.25, 0.3) is 0 Å². The van der Waals surface area contributed by atoms with Crippen molar-refractivity contribution in [1.82, 2.24) is 0 Å². The minimum absolute atomic E-state index is 0.151. The van der Waals surface area contributed by atoms with Crippen LogP contribution in [0.4, 0.5) is 0 Å². The van der Waals surface area contributed by atoms with Crippen molar-refractivity contribution in [3.05, 3.63) is 82.6 Å². The van der Waals surface area contributed by atoms with Gasteiger partial charge in [0.25, 0.3) is 0 Å². The normalized spacial score (nSPS) is 20.8. The highest BCUT2D eigenvalue weighted by Crippen LogP contribution is 2.43. The molecule has 148 valence electrons. The topological polar surface area (TPSA) is 65.0 Å². The molecule has 0 aromatic heterocycles. The highest BCUT2D eigenvalue weighted by Gasteiger charge is 2.45. The molecule has 5 nitrogen and oxygen atoms in total. The van der Waals surface area contributed by atoms with Crippen molar-refractivity contribution in [3.63, 3.8) is 0 Å². The molecule has 0 saturated carbocycles. The Morgan fingerprint density at radius 2 is 1.86 bits per heavy atom. The molecule has 0 radical (unpaired) electrons. The smallest absolute Gasteiger partial charge is 0.337 e. The highest BCUT2D eigenvalue weighted by molar-refractivity contribution is 6.07. The number of hydrogen-bond donors (Lipinski definition) is 0. The summed E-state index contributed by atoms with van der Waals surface area (Å²) in [5, 5.41) is 0. The molecule has 0 bridgehead atoms. The molecule has 0 saturated heterocycles. The van der Waals surface area contributed by atoms with Crippen LogP contribution in [0.2, 0.25) is 0 Å². The number of nitrogens with zero attached hydrogens (tertiary/aromatic N) is 1. The molecule has 2 aliphatic rings. The average molecular weight is 389 g/mol. The lowest BCUT2D eigenvalue weighted by atomic mass is 9.74. The SMILES string of the molecule is CCOC(=O)C1C(C)=NC2=C(C(=O)OC2)C1c1ccccc1Cc1ccccc1. The standard InChI is InChI=1S/C24H23NO4/c1-3-28-23(26)20-15(2)25-19-14-29-24(27)22(19)21(20)18-12-8-7-11-17(18)13-16-9-5-4-6-10-16/h4-12,20-21H,3,13-14H2,1-2H3. The van der Waals surface area contributed by atoms with E-state index < -0.39 is 17.8 Å². The molecule has 0 fully saturated rings. The second-order valence-corrected chi connectivity index (χ2v) is 7.26. The van der Waals surface area contributed by atoms with E-state index in [4.69, 9.17) is 9.47 Å². The molecule has 5 heteroatoms. The van der Waals surface area contributed by atoms with Crippen LogP contribution in [0.3, 0.4) is 0 Å². The third kappa shape index (κ3) is 3.60. The number of benzene rings is 2. The van der Waals surface area contributed by atoms with Gasteiger partial charge >= 0.3 is 11.9 Å². The van der Waals surface area contributed by atoms with E-state index in [-0.39, 0.29) is 19.2 Å². The first kappa shape index (κ1) is 19.1. The van der Waals surface area contributed by atoms with Gasteiger partial charge in [0.1, 0.15) is 12.5 Å². The second-order valence-electron chi connectivity index (χ2n) is 7.26. The lowest BCUT2D eigenvalue weighted by Gasteiger charge is -2.30. The molecule has 2 heterocycles. The molecule has 2 aromatic rings. The van der Waals surface area contributed by atoms with Gasteiger partial charge in [-0.05, 0) is 37.0 Å². The highest BCUT2D eigenvalue weighted by atomic mass is 16.5. The van der Waals surface area contributed by atoms with Gasteiger partial charge in [-0.15, -0.1) is 0 Å². The van der Waals surface area contributed by atoms with Gasteiger partial charge in [0, 0.05) is 11.6 Å². The van der Waals surface area contributed by atoms with E-state index in [0.717, 1.165) is 16.7 Å². The molecule has 2 unspecified atom stereocenters. The maximum atomic E-state index is 12.9. The summed E-state index contributed by atoms with van der Waals surface area (Å²) in [5.74, 6) is -1.86. The number of esters is 2. The van der Waals surface area contributed by atoms with Gasteiger partial charge in [0.05, 0.1) is 17.9 Å².